The molecule has 0 spiro atoms. The van der Waals surface area contributed by atoms with Gasteiger partial charge in [0.25, 0.3) is 0 Å². The third-order valence-corrected chi connectivity index (χ3v) is 3.60. The van der Waals surface area contributed by atoms with Gasteiger partial charge in [-0.1, -0.05) is 45.8 Å². The van der Waals surface area contributed by atoms with Gasteiger partial charge in [0, 0.05) is 10.2 Å². The molecule has 0 fully saturated rings. The van der Waals surface area contributed by atoms with Gasteiger partial charge in [0.2, 0.25) is 0 Å². The number of nitrogens with one attached hydrogen (secondary N) is 2. The Bertz CT molecular complexity index is 666. The van der Waals surface area contributed by atoms with E-state index in [0.717, 1.165) is 21.3 Å². The van der Waals surface area contributed by atoms with Crippen LogP contribution in [0.5, 0.6) is 0 Å². The molecule has 21 heavy (non-hydrogen) atoms. The first kappa shape index (κ1) is 15.7. The van der Waals surface area contributed by atoms with E-state index in [-0.39, 0.29) is 0 Å². The van der Waals surface area contributed by atoms with Crippen molar-refractivity contribution in [2.45, 2.75) is 13.8 Å². The number of hydrogen-bond acceptors (Lipinski definition) is 2. The molecule has 0 aliphatic rings. The van der Waals surface area contributed by atoms with Crippen LogP contribution in [0.15, 0.2) is 52.0 Å². The van der Waals surface area contributed by atoms with Crippen molar-refractivity contribution in [3.8, 4) is 0 Å². The zero-order valence-corrected chi connectivity index (χ0v) is 14.3. The average molecular weight is 362 g/mol. The van der Waals surface area contributed by atoms with E-state index >= 15 is 0 Å². The Morgan fingerprint density at radius 2 is 1.86 bits per heavy atom. The topological polar surface area (TPSA) is 36.4 Å². The largest absolute Gasteiger partial charge is 0.331 e. The molecule has 0 unspecified atom stereocenters. The van der Waals surface area contributed by atoms with Crippen molar-refractivity contribution in [3.05, 3.63) is 63.6 Å². The van der Waals surface area contributed by atoms with Crippen molar-refractivity contribution >= 4 is 45.2 Å². The van der Waals surface area contributed by atoms with Gasteiger partial charge in [0.05, 0.1) is 6.21 Å². The minimum absolute atomic E-state index is 0.468. The molecular weight excluding hydrogens is 346 g/mol. The maximum Gasteiger partial charge on any atom is 0.191 e. The van der Waals surface area contributed by atoms with Crippen LogP contribution in [0.25, 0.3) is 0 Å². The lowest BCUT2D eigenvalue weighted by Crippen LogP contribution is -2.24. The number of aryl methyl sites for hydroxylation is 2. The summed E-state index contributed by atoms with van der Waals surface area (Å²) in [5.41, 5.74) is 7.17. The van der Waals surface area contributed by atoms with Crippen molar-refractivity contribution in [2.75, 3.05) is 5.32 Å². The minimum Gasteiger partial charge on any atom is -0.331 e. The molecule has 2 aromatic carbocycles. The molecule has 0 radical (unpaired) electrons. The van der Waals surface area contributed by atoms with Gasteiger partial charge in [-0.25, -0.2) is 0 Å². The van der Waals surface area contributed by atoms with E-state index in [1.165, 1.54) is 5.56 Å². The van der Waals surface area contributed by atoms with E-state index in [2.05, 4.69) is 44.8 Å². The summed E-state index contributed by atoms with van der Waals surface area (Å²) in [5.74, 6) is 0. The second-order valence-corrected chi connectivity index (χ2v) is 6.02. The zero-order valence-electron chi connectivity index (χ0n) is 11.9. The number of hydrazone groups is 1. The number of halogens is 1. The first-order chi connectivity index (χ1) is 10.0. The second kappa shape index (κ2) is 7.33. The molecule has 2 aromatic rings. The Morgan fingerprint density at radius 3 is 2.52 bits per heavy atom. The van der Waals surface area contributed by atoms with Crippen molar-refractivity contribution in [2.24, 2.45) is 5.10 Å². The van der Waals surface area contributed by atoms with Crippen molar-refractivity contribution in [3.63, 3.8) is 0 Å². The van der Waals surface area contributed by atoms with Crippen LogP contribution in [0.1, 0.15) is 16.7 Å². The molecule has 0 aliphatic heterocycles. The maximum atomic E-state index is 5.22. The van der Waals surface area contributed by atoms with Crippen LogP contribution in [0.2, 0.25) is 0 Å². The van der Waals surface area contributed by atoms with Crippen LogP contribution >= 0.6 is 28.1 Å². The van der Waals surface area contributed by atoms with Gasteiger partial charge >= 0.3 is 0 Å². The Hall–Kier alpha value is -1.72. The molecule has 0 saturated heterocycles. The summed E-state index contributed by atoms with van der Waals surface area (Å²) in [6.45, 7) is 4.11. The number of benzene rings is 2. The summed E-state index contributed by atoms with van der Waals surface area (Å²) in [5, 5.41) is 7.72. The fourth-order valence-corrected chi connectivity index (χ4v) is 2.25. The van der Waals surface area contributed by atoms with Crippen LogP contribution in [0, 0.1) is 13.8 Å². The predicted molar refractivity (Wildman–Crippen MR) is 97.0 cm³/mol. The van der Waals surface area contributed by atoms with E-state index in [1.54, 1.807) is 6.21 Å². The molecule has 2 rings (SSSR count). The molecule has 0 amide bonds. The summed E-state index contributed by atoms with van der Waals surface area (Å²) >= 11 is 8.62. The van der Waals surface area contributed by atoms with Crippen molar-refractivity contribution < 1.29 is 0 Å². The SMILES string of the molecule is Cc1ccc(NC(=S)NN=Cc2ccc(Br)cc2)c(C)c1. The second-order valence-electron chi connectivity index (χ2n) is 4.69. The monoisotopic (exact) mass is 361 g/mol. The molecule has 2 N–H and O–H groups in total. The van der Waals surface area contributed by atoms with Crippen LogP contribution in [-0.4, -0.2) is 11.3 Å². The first-order valence-corrected chi connectivity index (χ1v) is 7.67. The molecule has 0 bridgehead atoms. The number of anilines is 1. The van der Waals surface area contributed by atoms with E-state index < -0.39 is 0 Å². The molecule has 3 nitrogen and oxygen atoms in total. The molecule has 0 atom stereocenters. The predicted octanol–water partition coefficient (Wildman–Crippen LogP) is 4.39. The fourth-order valence-electron chi connectivity index (χ4n) is 1.82. The molecule has 0 heterocycles. The summed E-state index contributed by atoms with van der Waals surface area (Å²) < 4.78 is 1.04. The van der Waals surface area contributed by atoms with Crippen LogP contribution in [-0.2, 0) is 0 Å². The molecule has 0 saturated carbocycles. The lowest BCUT2D eigenvalue weighted by Gasteiger charge is -2.10. The standard InChI is InChI=1S/C16H16BrN3S/c1-11-3-8-15(12(2)9-11)19-16(21)20-18-10-13-4-6-14(17)7-5-13/h3-10H,1-2H3,(H2,19,20,21). The third kappa shape index (κ3) is 4.95. The summed E-state index contributed by atoms with van der Waals surface area (Å²) in [6.07, 6.45) is 1.72. The Morgan fingerprint density at radius 1 is 1.14 bits per heavy atom. The quantitative estimate of drug-likeness (QED) is 0.483. The summed E-state index contributed by atoms with van der Waals surface area (Å²) in [7, 11) is 0. The normalized spacial score (nSPS) is 10.6. The van der Waals surface area contributed by atoms with Gasteiger partial charge in [0.1, 0.15) is 0 Å². The molecule has 108 valence electrons. The van der Waals surface area contributed by atoms with Gasteiger partial charge < -0.3 is 5.32 Å². The molecule has 5 heteroatoms. The molecular formula is C16H16BrN3S. The van der Waals surface area contributed by atoms with Gasteiger partial charge in [-0.2, -0.15) is 5.10 Å². The first-order valence-electron chi connectivity index (χ1n) is 6.47. The summed E-state index contributed by atoms with van der Waals surface area (Å²) in [6, 6.07) is 14.0. The van der Waals surface area contributed by atoms with Gasteiger partial charge in [0.15, 0.2) is 5.11 Å². The fraction of sp³-hybridized carbons (Fsp3) is 0.125. The maximum absolute atomic E-state index is 5.22. The van der Waals surface area contributed by atoms with E-state index in [0.29, 0.717) is 5.11 Å². The highest BCUT2D eigenvalue weighted by molar-refractivity contribution is 9.10. The highest BCUT2D eigenvalue weighted by Gasteiger charge is 2.00. The van der Waals surface area contributed by atoms with Gasteiger partial charge in [-0.05, 0) is 55.4 Å². The third-order valence-electron chi connectivity index (χ3n) is 2.88. The summed E-state index contributed by atoms with van der Waals surface area (Å²) in [4.78, 5) is 0. The Labute approximate surface area is 138 Å². The highest BCUT2D eigenvalue weighted by Crippen LogP contribution is 2.15. The number of nitrogens with zero attached hydrogens (tertiary/aromatic N) is 1. The van der Waals surface area contributed by atoms with Crippen molar-refractivity contribution in [1.29, 1.82) is 0 Å². The van der Waals surface area contributed by atoms with E-state index in [9.17, 15) is 0 Å². The molecule has 0 aliphatic carbocycles. The Kier molecular flexibility index (Phi) is 5.47. The number of rotatable bonds is 3. The highest BCUT2D eigenvalue weighted by atomic mass is 79.9. The number of thiocarbonyl (C=S) groups is 1. The Balaban J connectivity index is 1.91. The van der Waals surface area contributed by atoms with Crippen LogP contribution < -0.4 is 10.7 Å². The van der Waals surface area contributed by atoms with E-state index in [4.69, 9.17) is 12.2 Å². The zero-order chi connectivity index (χ0) is 15.2. The minimum atomic E-state index is 0.468. The smallest absolute Gasteiger partial charge is 0.191 e. The number of hydrogen-bond donors (Lipinski definition) is 2. The van der Waals surface area contributed by atoms with E-state index in [1.807, 2.05) is 43.3 Å². The van der Waals surface area contributed by atoms with Gasteiger partial charge in [-0.3, -0.25) is 5.43 Å². The molecule has 0 aromatic heterocycles. The lowest BCUT2D eigenvalue weighted by atomic mass is 10.1. The van der Waals surface area contributed by atoms with Crippen molar-refractivity contribution in [1.82, 2.24) is 5.43 Å². The van der Waals surface area contributed by atoms with Crippen LogP contribution in [0.4, 0.5) is 5.69 Å². The van der Waals surface area contributed by atoms with Crippen LogP contribution in [0.3, 0.4) is 0 Å². The van der Waals surface area contributed by atoms with Gasteiger partial charge in [-0.15, -0.1) is 0 Å². The lowest BCUT2D eigenvalue weighted by molar-refractivity contribution is 1.05. The average Bonchev–Trinajstić information content (AvgIpc) is 2.44.